The smallest absolute Gasteiger partial charge is 0.329 e. The number of esters is 1. The molecular weight excluding hydrogens is 410 g/mol. The summed E-state index contributed by atoms with van der Waals surface area (Å²) >= 11 is 1.44. The molecule has 1 aromatic carbocycles. The monoisotopic (exact) mass is 435 g/mol. The predicted octanol–water partition coefficient (Wildman–Crippen LogP) is 1.43. The number of ether oxygens (including phenoxy) is 1. The van der Waals surface area contributed by atoms with E-state index in [1.54, 1.807) is 12.1 Å². The Labute approximate surface area is 178 Å². The number of rotatable bonds is 9. The molecule has 1 atom stereocenters. The Kier molecular flexibility index (Phi) is 8.40. The van der Waals surface area contributed by atoms with Gasteiger partial charge in [-0.3, -0.25) is 24.6 Å². The Hall–Kier alpha value is -2.88. The van der Waals surface area contributed by atoms with Gasteiger partial charge in [0.05, 0.1) is 11.1 Å². The van der Waals surface area contributed by atoms with Crippen LogP contribution < -0.4 is 10.6 Å². The minimum absolute atomic E-state index is 0.183. The van der Waals surface area contributed by atoms with Crippen LogP contribution in [-0.4, -0.2) is 65.8 Å². The second kappa shape index (κ2) is 10.8. The van der Waals surface area contributed by atoms with Crippen molar-refractivity contribution < 1.29 is 28.7 Å². The van der Waals surface area contributed by atoms with Crippen molar-refractivity contribution >= 4 is 41.5 Å². The number of carbonyl (C=O) groups is 5. The Morgan fingerprint density at radius 1 is 1.10 bits per heavy atom. The molecule has 2 rings (SSSR count). The Morgan fingerprint density at radius 3 is 2.23 bits per heavy atom. The summed E-state index contributed by atoms with van der Waals surface area (Å²) < 4.78 is 5.01. The molecule has 0 bridgehead atoms. The molecule has 30 heavy (non-hydrogen) atoms. The molecule has 9 nitrogen and oxygen atoms in total. The lowest BCUT2D eigenvalue weighted by atomic mass is 10.1. The van der Waals surface area contributed by atoms with Gasteiger partial charge in [-0.15, -0.1) is 0 Å². The molecule has 0 spiro atoms. The zero-order valence-electron chi connectivity index (χ0n) is 17.1. The molecule has 0 aliphatic carbocycles. The van der Waals surface area contributed by atoms with Crippen LogP contribution in [0.1, 0.15) is 41.0 Å². The summed E-state index contributed by atoms with van der Waals surface area (Å²) in [4.78, 5) is 62.4. The molecule has 0 fully saturated rings. The molecule has 162 valence electrons. The second-order valence-corrected chi connectivity index (χ2v) is 8.07. The standard InChI is InChI=1S/C20H25N3O6S/c1-12(2)10-21-20(28)22-16(24)11-29-19(27)15(8-9-30-3)23-17(25)13-6-4-5-7-14(13)18(23)26/h4-7,12,15H,8-11H2,1-3H3,(H2,21,22,24,28). The van der Waals surface area contributed by atoms with E-state index in [4.69, 9.17) is 4.74 Å². The van der Waals surface area contributed by atoms with Gasteiger partial charge in [-0.25, -0.2) is 9.59 Å². The summed E-state index contributed by atoms with van der Waals surface area (Å²) in [6, 6.07) is 4.47. The first-order valence-electron chi connectivity index (χ1n) is 9.46. The van der Waals surface area contributed by atoms with Gasteiger partial charge in [0.25, 0.3) is 17.7 Å². The quantitative estimate of drug-likeness (QED) is 0.444. The van der Waals surface area contributed by atoms with Crippen LogP contribution >= 0.6 is 11.8 Å². The van der Waals surface area contributed by atoms with E-state index in [0.717, 1.165) is 4.90 Å². The summed E-state index contributed by atoms with van der Waals surface area (Å²) in [6.45, 7) is 3.48. The van der Waals surface area contributed by atoms with Gasteiger partial charge in [-0.05, 0) is 36.5 Å². The fourth-order valence-corrected chi connectivity index (χ4v) is 3.27. The third-order valence-electron chi connectivity index (χ3n) is 4.27. The highest BCUT2D eigenvalue weighted by Crippen LogP contribution is 2.26. The summed E-state index contributed by atoms with van der Waals surface area (Å²) in [5, 5.41) is 4.56. The van der Waals surface area contributed by atoms with Crippen molar-refractivity contribution in [1.29, 1.82) is 0 Å². The van der Waals surface area contributed by atoms with E-state index in [2.05, 4.69) is 10.6 Å². The van der Waals surface area contributed by atoms with E-state index in [1.807, 2.05) is 20.1 Å². The molecule has 1 aromatic rings. The zero-order chi connectivity index (χ0) is 22.3. The Bertz CT molecular complexity index is 807. The van der Waals surface area contributed by atoms with Gasteiger partial charge in [0, 0.05) is 6.54 Å². The SMILES string of the molecule is CSCCC(C(=O)OCC(=O)NC(=O)NCC(C)C)N1C(=O)c2ccccc2C1=O. The molecule has 0 saturated heterocycles. The van der Waals surface area contributed by atoms with Crippen molar-refractivity contribution in [2.24, 2.45) is 5.92 Å². The van der Waals surface area contributed by atoms with Gasteiger partial charge in [-0.1, -0.05) is 26.0 Å². The van der Waals surface area contributed by atoms with E-state index >= 15 is 0 Å². The number of hydrogen-bond donors (Lipinski definition) is 2. The third kappa shape index (κ3) is 5.82. The zero-order valence-corrected chi connectivity index (χ0v) is 17.9. The first kappa shape index (κ1) is 23.4. The number of urea groups is 1. The van der Waals surface area contributed by atoms with Crippen molar-refractivity contribution in [3.63, 3.8) is 0 Å². The minimum Gasteiger partial charge on any atom is -0.454 e. The van der Waals surface area contributed by atoms with E-state index in [9.17, 15) is 24.0 Å². The first-order chi connectivity index (χ1) is 14.3. The Balaban J connectivity index is 2.01. The summed E-state index contributed by atoms with van der Waals surface area (Å²) in [6.07, 6.45) is 2.01. The number of amides is 5. The van der Waals surface area contributed by atoms with Crippen molar-refractivity contribution in [3.05, 3.63) is 35.4 Å². The normalized spacial score (nSPS) is 13.8. The molecule has 1 aliphatic rings. The topological polar surface area (TPSA) is 122 Å². The van der Waals surface area contributed by atoms with Crippen LogP contribution in [0, 0.1) is 5.92 Å². The van der Waals surface area contributed by atoms with Crippen LogP contribution in [0.3, 0.4) is 0 Å². The van der Waals surface area contributed by atoms with Crippen molar-refractivity contribution in [2.45, 2.75) is 26.3 Å². The highest BCUT2D eigenvalue weighted by Gasteiger charge is 2.43. The second-order valence-electron chi connectivity index (χ2n) is 7.08. The molecule has 0 saturated carbocycles. The van der Waals surface area contributed by atoms with Gasteiger partial charge < -0.3 is 10.1 Å². The largest absolute Gasteiger partial charge is 0.454 e. The highest BCUT2D eigenvalue weighted by molar-refractivity contribution is 7.98. The van der Waals surface area contributed by atoms with Crippen molar-refractivity contribution in [3.8, 4) is 0 Å². The maximum atomic E-state index is 12.7. The molecule has 1 heterocycles. The van der Waals surface area contributed by atoms with Gasteiger partial charge in [0.2, 0.25) is 0 Å². The van der Waals surface area contributed by atoms with E-state index < -0.39 is 42.4 Å². The molecule has 1 unspecified atom stereocenters. The number of carbonyl (C=O) groups excluding carboxylic acids is 5. The lowest BCUT2D eigenvalue weighted by Crippen LogP contribution is -2.47. The lowest BCUT2D eigenvalue weighted by Gasteiger charge is -2.24. The van der Waals surface area contributed by atoms with E-state index in [1.165, 1.54) is 23.9 Å². The summed E-state index contributed by atoms with van der Waals surface area (Å²) in [5.41, 5.74) is 0.452. The van der Waals surface area contributed by atoms with Crippen LogP contribution in [0.5, 0.6) is 0 Å². The maximum absolute atomic E-state index is 12.7. The van der Waals surface area contributed by atoms with Crippen LogP contribution in [0.2, 0.25) is 0 Å². The minimum atomic E-state index is -1.16. The number of benzene rings is 1. The molecule has 0 radical (unpaired) electrons. The summed E-state index contributed by atoms with van der Waals surface area (Å²) in [7, 11) is 0. The number of hydrogen-bond acceptors (Lipinski definition) is 7. The average Bonchev–Trinajstić information content (AvgIpc) is 2.96. The third-order valence-corrected chi connectivity index (χ3v) is 4.92. The lowest BCUT2D eigenvalue weighted by molar-refractivity contribution is -0.152. The van der Waals surface area contributed by atoms with Crippen LogP contribution in [0.4, 0.5) is 4.79 Å². The number of nitrogens with zero attached hydrogens (tertiary/aromatic N) is 1. The molecule has 0 aromatic heterocycles. The molecule has 1 aliphatic heterocycles. The number of thioether (sulfide) groups is 1. The fourth-order valence-electron chi connectivity index (χ4n) is 2.81. The molecule has 5 amide bonds. The van der Waals surface area contributed by atoms with Gasteiger partial charge >= 0.3 is 12.0 Å². The van der Waals surface area contributed by atoms with Gasteiger partial charge in [0.1, 0.15) is 6.04 Å². The molecular formula is C20H25N3O6S. The average molecular weight is 436 g/mol. The van der Waals surface area contributed by atoms with Crippen LogP contribution in [0.15, 0.2) is 24.3 Å². The maximum Gasteiger partial charge on any atom is 0.329 e. The van der Waals surface area contributed by atoms with E-state index in [0.29, 0.717) is 12.3 Å². The predicted molar refractivity (Wildman–Crippen MR) is 111 cm³/mol. The number of fused-ring (bicyclic) bond motifs is 1. The highest BCUT2D eigenvalue weighted by atomic mass is 32.2. The molecule has 10 heteroatoms. The van der Waals surface area contributed by atoms with Crippen LogP contribution in [-0.2, 0) is 14.3 Å². The van der Waals surface area contributed by atoms with Crippen molar-refractivity contribution in [1.82, 2.24) is 15.5 Å². The summed E-state index contributed by atoms with van der Waals surface area (Å²) in [5.74, 6) is -2.13. The van der Waals surface area contributed by atoms with Gasteiger partial charge in [0.15, 0.2) is 6.61 Å². The Morgan fingerprint density at radius 2 is 1.70 bits per heavy atom. The number of imide groups is 2. The van der Waals surface area contributed by atoms with Crippen LogP contribution in [0.25, 0.3) is 0 Å². The van der Waals surface area contributed by atoms with E-state index in [-0.39, 0.29) is 23.5 Å². The molecule has 2 N–H and O–H groups in total. The number of nitrogens with one attached hydrogen (secondary N) is 2. The fraction of sp³-hybridized carbons (Fsp3) is 0.450. The first-order valence-corrected chi connectivity index (χ1v) is 10.9. The van der Waals surface area contributed by atoms with Crippen molar-refractivity contribution in [2.75, 3.05) is 25.2 Å². The van der Waals surface area contributed by atoms with Gasteiger partial charge in [-0.2, -0.15) is 11.8 Å².